The van der Waals surface area contributed by atoms with E-state index in [-0.39, 0.29) is 11.8 Å². The first kappa shape index (κ1) is 16.8. The van der Waals surface area contributed by atoms with Crippen molar-refractivity contribution in [3.63, 3.8) is 0 Å². The van der Waals surface area contributed by atoms with E-state index in [4.69, 9.17) is 10.5 Å². The third-order valence-corrected chi connectivity index (χ3v) is 3.23. The number of nitrogens with one attached hydrogen (secondary N) is 1. The number of nitrogen functional groups attached to an aromatic ring is 1. The second kappa shape index (κ2) is 8.14. The Bertz CT molecular complexity index is 499. The third kappa shape index (κ3) is 4.66. The van der Waals surface area contributed by atoms with Crippen molar-refractivity contribution in [1.29, 1.82) is 0 Å². The first-order chi connectivity index (χ1) is 10.0. The van der Waals surface area contributed by atoms with Crippen molar-refractivity contribution in [2.24, 2.45) is 0 Å². The van der Waals surface area contributed by atoms with Crippen LogP contribution in [0.4, 0.5) is 5.69 Å². The second-order valence-corrected chi connectivity index (χ2v) is 4.53. The van der Waals surface area contributed by atoms with Gasteiger partial charge in [0.2, 0.25) is 5.91 Å². The minimum Gasteiger partial charge on any atom is -0.495 e. The summed E-state index contributed by atoms with van der Waals surface area (Å²) in [4.78, 5) is 25.5. The summed E-state index contributed by atoms with van der Waals surface area (Å²) in [7, 11) is 1.52. The van der Waals surface area contributed by atoms with Gasteiger partial charge in [0.15, 0.2) is 0 Å². The number of carbonyl (C=O) groups excluding carboxylic acids is 2. The zero-order valence-electron chi connectivity index (χ0n) is 12.8. The number of nitrogens with two attached hydrogens (primary N) is 1. The number of rotatable bonds is 7. The zero-order chi connectivity index (χ0) is 15.8. The highest BCUT2D eigenvalue weighted by Gasteiger charge is 2.11. The van der Waals surface area contributed by atoms with Gasteiger partial charge in [-0.25, -0.2) is 0 Å². The zero-order valence-corrected chi connectivity index (χ0v) is 12.8. The molecule has 0 aliphatic carbocycles. The smallest absolute Gasteiger partial charge is 0.251 e. The molecule has 0 aromatic heterocycles. The van der Waals surface area contributed by atoms with Crippen molar-refractivity contribution in [2.45, 2.75) is 20.3 Å². The first-order valence-corrected chi connectivity index (χ1v) is 7.02. The number of benzene rings is 1. The van der Waals surface area contributed by atoms with E-state index < -0.39 is 0 Å². The summed E-state index contributed by atoms with van der Waals surface area (Å²) in [6.07, 6.45) is 0.291. The Morgan fingerprint density at radius 2 is 1.95 bits per heavy atom. The Morgan fingerprint density at radius 3 is 2.48 bits per heavy atom. The number of nitrogens with zero attached hydrogens (tertiary/aromatic N) is 1. The largest absolute Gasteiger partial charge is 0.495 e. The molecule has 6 heteroatoms. The molecule has 3 N–H and O–H groups in total. The number of anilines is 1. The average molecular weight is 293 g/mol. The summed E-state index contributed by atoms with van der Waals surface area (Å²) in [5.41, 5.74) is 6.61. The van der Waals surface area contributed by atoms with E-state index in [2.05, 4.69) is 5.32 Å². The van der Waals surface area contributed by atoms with E-state index in [9.17, 15) is 9.59 Å². The molecule has 0 atom stereocenters. The van der Waals surface area contributed by atoms with Gasteiger partial charge < -0.3 is 20.7 Å². The van der Waals surface area contributed by atoms with Crippen LogP contribution in [0.15, 0.2) is 18.2 Å². The SMILES string of the molecule is CCN(CC)C(=O)CCNC(=O)c1ccc(OC)c(N)c1. The van der Waals surface area contributed by atoms with Gasteiger partial charge in [-0.15, -0.1) is 0 Å². The van der Waals surface area contributed by atoms with E-state index in [0.717, 1.165) is 0 Å². The number of hydrogen-bond donors (Lipinski definition) is 2. The first-order valence-electron chi connectivity index (χ1n) is 7.02. The van der Waals surface area contributed by atoms with E-state index in [1.165, 1.54) is 7.11 Å². The van der Waals surface area contributed by atoms with Crippen molar-refractivity contribution in [3.8, 4) is 5.75 Å². The summed E-state index contributed by atoms with van der Waals surface area (Å²) < 4.78 is 5.04. The topological polar surface area (TPSA) is 84.7 Å². The second-order valence-electron chi connectivity index (χ2n) is 4.53. The molecule has 0 heterocycles. The van der Waals surface area contributed by atoms with Gasteiger partial charge in [0.25, 0.3) is 5.91 Å². The van der Waals surface area contributed by atoms with Gasteiger partial charge in [-0.2, -0.15) is 0 Å². The van der Waals surface area contributed by atoms with E-state index in [0.29, 0.717) is 43.1 Å². The summed E-state index contributed by atoms with van der Waals surface area (Å²) in [6, 6.07) is 4.84. The third-order valence-electron chi connectivity index (χ3n) is 3.23. The number of methoxy groups -OCH3 is 1. The Labute approximate surface area is 125 Å². The molecule has 1 aromatic rings. The van der Waals surface area contributed by atoms with Gasteiger partial charge in [-0.3, -0.25) is 9.59 Å². The molecule has 0 spiro atoms. The fourth-order valence-corrected chi connectivity index (χ4v) is 2.00. The Balaban J connectivity index is 2.51. The molecule has 1 aromatic carbocycles. The monoisotopic (exact) mass is 293 g/mol. The summed E-state index contributed by atoms with van der Waals surface area (Å²) in [5.74, 6) is 0.314. The minimum atomic E-state index is -0.253. The van der Waals surface area contributed by atoms with Gasteiger partial charge in [-0.05, 0) is 32.0 Å². The van der Waals surface area contributed by atoms with Gasteiger partial charge in [-0.1, -0.05) is 0 Å². The van der Waals surface area contributed by atoms with Gasteiger partial charge in [0.1, 0.15) is 5.75 Å². The molecule has 0 fully saturated rings. The summed E-state index contributed by atoms with van der Waals surface area (Å²) in [5, 5.41) is 2.71. The molecule has 0 bridgehead atoms. The minimum absolute atomic E-state index is 0.0366. The highest BCUT2D eigenvalue weighted by molar-refractivity contribution is 5.95. The van der Waals surface area contributed by atoms with E-state index >= 15 is 0 Å². The molecule has 0 saturated carbocycles. The standard InChI is InChI=1S/C15H23N3O3/c1-4-18(5-2)14(19)8-9-17-15(20)11-6-7-13(21-3)12(16)10-11/h6-7,10H,4-5,8-9,16H2,1-3H3,(H,17,20). The van der Waals surface area contributed by atoms with E-state index in [1.807, 2.05) is 13.8 Å². The van der Waals surface area contributed by atoms with Crippen LogP contribution in [0.1, 0.15) is 30.6 Å². The molecule has 21 heavy (non-hydrogen) atoms. The van der Waals surface area contributed by atoms with Crippen molar-refractivity contribution in [2.75, 3.05) is 32.5 Å². The van der Waals surface area contributed by atoms with Crippen LogP contribution in [0.5, 0.6) is 5.75 Å². The van der Waals surface area contributed by atoms with Crippen LogP contribution in [0, 0.1) is 0 Å². The van der Waals surface area contributed by atoms with Crippen molar-refractivity contribution >= 4 is 17.5 Å². The molecule has 0 radical (unpaired) electrons. The van der Waals surface area contributed by atoms with Crippen LogP contribution < -0.4 is 15.8 Å². The maximum atomic E-state index is 12.0. The number of ether oxygens (including phenoxy) is 1. The van der Waals surface area contributed by atoms with E-state index in [1.54, 1.807) is 23.1 Å². The molecule has 116 valence electrons. The van der Waals surface area contributed by atoms with Gasteiger partial charge in [0.05, 0.1) is 12.8 Å². The predicted molar refractivity (Wildman–Crippen MR) is 82.3 cm³/mol. The molecular weight excluding hydrogens is 270 g/mol. The van der Waals surface area contributed by atoms with Crippen molar-refractivity contribution < 1.29 is 14.3 Å². The number of hydrogen-bond acceptors (Lipinski definition) is 4. The fraction of sp³-hybridized carbons (Fsp3) is 0.467. The maximum absolute atomic E-state index is 12.0. The molecular formula is C15H23N3O3. The predicted octanol–water partition coefficient (Wildman–Crippen LogP) is 1.27. The van der Waals surface area contributed by atoms with Crippen LogP contribution >= 0.6 is 0 Å². The molecule has 0 unspecified atom stereocenters. The van der Waals surface area contributed by atoms with Crippen molar-refractivity contribution in [3.05, 3.63) is 23.8 Å². The van der Waals surface area contributed by atoms with Gasteiger partial charge >= 0.3 is 0 Å². The maximum Gasteiger partial charge on any atom is 0.251 e. The number of amides is 2. The summed E-state index contributed by atoms with van der Waals surface area (Å²) >= 11 is 0. The molecule has 2 amide bonds. The lowest BCUT2D eigenvalue weighted by atomic mass is 10.1. The quantitative estimate of drug-likeness (QED) is 0.741. The van der Waals surface area contributed by atoms with Crippen LogP contribution in [0.3, 0.4) is 0 Å². The Hall–Kier alpha value is -2.24. The molecule has 0 aliphatic rings. The molecule has 0 saturated heterocycles. The lowest BCUT2D eigenvalue weighted by molar-refractivity contribution is -0.130. The van der Waals surface area contributed by atoms with Gasteiger partial charge in [0, 0.05) is 31.6 Å². The highest BCUT2D eigenvalue weighted by atomic mass is 16.5. The molecule has 0 aliphatic heterocycles. The van der Waals surface area contributed by atoms with Crippen LogP contribution in [-0.2, 0) is 4.79 Å². The lowest BCUT2D eigenvalue weighted by Gasteiger charge is -2.18. The van der Waals surface area contributed by atoms with Crippen LogP contribution in [0.2, 0.25) is 0 Å². The van der Waals surface area contributed by atoms with Crippen LogP contribution in [0.25, 0.3) is 0 Å². The highest BCUT2D eigenvalue weighted by Crippen LogP contribution is 2.21. The summed E-state index contributed by atoms with van der Waals surface area (Å²) in [6.45, 7) is 5.52. The number of carbonyl (C=O) groups is 2. The average Bonchev–Trinajstić information content (AvgIpc) is 2.48. The van der Waals surface area contributed by atoms with Crippen molar-refractivity contribution in [1.82, 2.24) is 10.2 Å². The molecule has 1 rings (SSSR count). The lowest BCUT2D eigenvalue weighted by Crippen LogP contribution is -2.34. The normalized spacial score (nSPS) is 10.0. The Kier molecular flexibility index (Phi) is 6.52. The Morgan fingerprint density at radius 1 is 1.29 bits per heavy atom. The van der Waals surface area contributed by atoms with Crippen LogP contribution in [-0.4, -0.2) is 43.5 Å². The molecule has 6 nitrogen and oxygen atoms in total. The fourth-order valence-electron chi connectivity index (χ4n) is 2.00.